The van der Waals surface area contributed by atoms with Gasteiger partial charge in [0.1, 0.15) is 5.69 Å². The van der Waals surface area contributed by atoms with Crippen LogP contribution in [0.5, 0.6) is 0 Å². The maximum absolute atomic E-state index is 12.2. The van der Waals surface area contributed by atoms with Gasteiger partial charge in [-0.15, -0.1) is 0 Å². The number of Topliss-reactive ketones (excluding diaryl/α,β-unsaturated/α-hetero) is 1. The van der Waals surface area contributed by atoms with Crippen LogP contribution in [-0.2, 0) is 19.9 Å². The molecule has 0 aliphatic carbocycles. The average Bonchev–Trinajstić information content (AvgIpc) is 2.75. The molecule has 0 amide bonds. The lowest BCUT2D eigenvalue weighted by Crippen LogP contribution is -2.09. The van der Waals surface area contributed by atoms with Crippen molar-refractivity contribution in [3.8, 4) is 0 Å². The number of hydrogen-bond acceptors (Lipinski definition) is 2. The molecule has 2 aromatic rings. The van der Waals surface area contributed by atoms with E-state index in [4.69, 9.17) is 23.2 Å². The number of carbonyl (C=O) groups is 1. The van der Waals surface area contributed by atoms with Crippen molar-refractivity contribution < 1.29 is 4.79 Å². The number of ketones is 1. The summed E-state index contributed by atoms with van der Waals surface area (Å²) in [5.74, 6) is 0.0214. The summed E-state index contributed by atoms with van der Waals surface area (Å²) in [6.45, 7) is 2.01. The summed E-state index contributed by atoms with van der Waals surface area (Å²) in [7, 11) is 1.78. The van der Waals surface area contributed by atoms with Crippen LogP contribution in [0.2, 0.25) is 10.0 Å². The van der Waals surface area contributed by atoms with Crippen molar-refractivity contribution in [2.24, 2.45) is 7.05 Å². The Balaban J connectivity index is 2.20. The maximum Gasteiger partial charge on any atom is 0.185 e. The minimum absolute atomic E-state index is 0.0214. The number of benzene rings is 1. The molecule has 1 aromatic heterocycles. The van der Waals surface area contributed by atoms with E-state index in [1.54, 1.807) is 23.9 Å². The Bertz CT molecular complexity index is 620. The summed E-state index contributed by atoms with van der Waals surface area (Å²) in [5.41, 5.74) is 2.38. The van der Waals surface area contributed by atoms with Crippen molar-refractivity contribution in [3.05, 3.63) is 51.3 Å². The van der Waals surface area contributed by atoms with Gasteiger partial charge < -0.3 is 0 Å². The average molecular weight is 297 g/mol. The quantitative estimate of drug-likeness (QED) is 0.806. The number of halogens is 2. The second kappa shape index (κ2) is 5.76. The molecular formula is C14H14Cl2N2O. The van der Waals surface area contributed by atoms with Crippen LogP contribution in [-0.4, -0.2) is 15.6 Å². The maximum atomic E-state index is 12.2. The van der Waals surface area contributed by atoms with Gasteiger partial charge in [-0.2, -0.15) is 5.10 Å². The van der Waals surface area contributed by atoms with Crippen LogP contribution in [0.4, 0.5) is 0 Å². The molecule has 100 valence electrons. The van der Waals surface area contributed by atoms with Gasteiger partial charge in [-0.05, 0) is 30.2 Å². The summed E-state index contributed by atoms with van der Waals surface area (Å²) in [5, 5.41) is 5.23. The first-order chi connectivity index (χ1) is 9.01. The standard InChI is InChI=1S/C14H14Cl2N2O/c1-3-10-8-13(18(2)17-10)14(19)7-9-4-5-11(15)12(16)6-9/h4-6,8H,3,7H2,1-2H3. The number of hydrogen-bond donors (Lipinski definition) is 0. The fourth-order valence-corrected chi connectivity index (χ4v) is 2.21. The Kier molecular flexibility index (Phi) is 4.27. The minimum Gasteiger partial charge on any atom is -0.292 e. The van der Waals surface area contributed by atoms with Crippen LogP contribution >= 0.6 is 23.2 Å². The second-order valence-electron chi connectivity index (χ2n) is 4.35. The van der Waals surface area contributed by atoms with Crippen LogP contribution < -0.4 is 0 Å². The predicted octanol–water partition coefficient (Wildman–Crippen LogP) is 3.71. The van der Waals surface area contributed by atoms with Crippen LogP contribution in [0.25, 0.3) is 0 Å². The molecule has 0 unspecified atom stereocenters. The molecule has 19 heavy (non-hydrogen) atoms. The number of nitrogens with zero attached hydrogens (tertiary/aromatic N) is 2. The van der Waals surface area contributed by atoms with Gasteiger partial charge in [0.15, 0.2) is 5.78 Å². The smallest absolute Gasteiger partial charge is 0.185 e. The molecule has 1 heterocycles. The van der Waals surface area contributed by atoms with Crippen molar-refractivity contribution in [1.29, 1.82) is 0 Å². The predicted molar refractivity (Wildman–Crippen MR) is 77.1 cm³/mol. The van der Waals surface area contributed by atoms with Gasteiger partial charge in [0.25, 0.3) is 0 Å². The van der Waals surface area contributed by atoms with Gasteiger partial charge in [0, 0.05) is 13.5 Å². The number of rotatable bonds is 4. The van der Waals surface area contributed by atoms with Crippen LogP contribution in [0.1, 0.15) is 28.7 Å². The topological polar surface area (TPSA) is 34.9 Å². The van der Waals surface area contributed by atoms with Crippen LogP contribution in [0, 0.1) is 0 Å². The summed E-state index contributed by atoms with van der Waals surface area (Å²) in [6.07, 6.45) is 1.10. The van der Waals surface area contributed by atoms with Gasteiger partial charge in [-0.25, -0.2) is 0 Å². The molecule has 3 nitrogen and oxygen atoms in total. The van der Waals surface area contributed by atoms with Gasteiger partial charge in [0.2, 0.25) is 0 Å². The zero-order chi connectivity index (χ0) is 14.0. The van der Waals surface area contributed by atoms with E-state index in [-0.39, 0.29) is 5.78 Å². The van der Waals surface area contributed by atoms with Crippen LogP contribution in [0.15, 0.2) is 24.3 Å². The number of aryl methyl sites for hydroxylation is 2. The largest absolute Gasteiger partial charge is 0.292 e. The molecular weight excluding hydrogens is 283 g/mol. The fraction of sp³-hybridized carbons (Fsp3) is 0.286. The van der Waals surface area contributed by atoms with Crippen molar-refractivity contribution in [1.82, 2.24) is 9.78 Å². The summed E-state index contributed by atoms with van der Waals surface area (Å²) < 4.78 is 1.62. The third-order valence-corrected chi connectivity index (χ3v) is 3.67. The first kappa shape index (κ1) is 14.1. The molecule has 2 rings (SSSR count). The van der Waals surface area contributed by atoms with Crippen molar-refractivity contribution in [2.45, 2.75) is 19.8 Å². The molecule has 0 aliphatic rings. The fourth-order valence-electron chi connectivity index (χ4n) is 1.89. The zero-order valence-corrected chi connectivity index (χ0v) is 12.3. The van der Waals surface area contributed by atoms with E-state index >= 15 is 0 Å². The van der Waals surface area contributed by atoms with E-state index in [1.807, 2.05) is 19.1 Å². The number of carbonyl (C=O) groups excluding carboxylic acids is 1. The Morgan fingerprint density at radius 3 is 2.58 bits per heavy atom. The van der Waals surface area contributed by atoms with Crippen LogP contribution in [0.3, 0.4) is 0 Å². The molecule has 0 N–H and O–H groups in total. The molecule has 0 atom stereocenters. The van der Waals surface area contributed by atoms with E-state index < -0.39 is 0 Å². The molecule has 0 fully saturated rings. The van der Waals surface area contributed by atoms with Gasteiger partial charge in [-0.3, -0.25) is 9.48 Å². The number of aromatic nitrogens is 2. The first-order valence-corrected chi connectivity index (χ1v) is 6.77. The van der Waals surface area contributed by atoms with E-state index in [2.05, 4.69) is 5.10 Å². The van der Waals surface area contributed by atoms with E-state index in [1.165, 1.54) is 0 Å². The van der Waals surface area contributed by atoms with Crippen molar-refractivity contribution in [2.75, 3.05) is 0 Å². The van der Waals surface area contributed by atoms with E-state index in [9.17, 15) is 4.79 Å². The molecule has 0 spiro atoms. The summed E-state index contributed by atoms with van der Waals surface area (Å²) >= 11 is 11.8. The molecule has 5 heteroatoms. The first-order valence-electron chi connectivity index (χ1n) is 6.01. The van der Waals surface area contributed by atoms with Crippen molar-refractivity contribution >= 4 is 29.0 Å². The molecule has 0 saturated heterocycles. The third-order valence-electron chi connectivity index (χ3n) is 2.93. The Morgan fingerprint density at radius 2 is 2.00 bits per heavy atom. The van der Waals surface area contributed by atoms with E-state index in [0.29, 0.717) is 22.2 Å². The van der Waals surface area contributed by atoms with Crippen molar-refractivity contribution in [3.63, 3.8) is 0 Å². The summed E-state index contributed by atoms with van der Waals surface area (Å²) in [6, 6.07) is 7.06. The SMILES string of the molecule is CCc1cc(C(=O)Cc2ccc(Cl)c(Cl)c2)n(C)n1. The lowest BCUT2D eigenvalue weighted by Gasteiger charge is -2.03. The summed E-state index contributed by atoms with van der Waals surface area (Å²) in [4.78, 5) is 12.2. The molecule has 0 aliphatic heterocycles. The highest BCUT2D eigenvalue weighted by Crippen LogP contribution is 2.23. The molecule has 0 saturated carbocycles. The zero-order valence-electron chi connectivity index (χ0n) is 10.8. The molecule has 0 bridgehead atoms. The highest BCUT2D eigenvalue weighted by atomic mass is 35.5. The van der Waals surface area contributed by atoms with Gasteiger partial charge in [0.05, 0.1) is 15.7 Å². The van der Waals surface area contributed by atoms with Gasteiger partial charge in [-0.1, -0.05) is 36.2 Å². The monoisotopic (exact) mass is 296 g/mol. The lowest BCUT2D eigenvalue weighted by molar-refractivity contribution is 0.0984. The highest BCUT2D eigenvalue weighted by molar-refractivity contribution is 6.42. The van der Waals surface area contributed by atoms with E-state index in [0.717, 1.165) is 17.7 Å². The van der Waals surface area contributed by atoms with Gasteiger partial charge >= 0.3 is 0 Å². The normalized spacial score (nSPS) is 10.7. The Hall–Kier alpha value is -1.32. The third kappa shape index (κ3) is 3.17. The Morgan fingerprint density at radius 1 is 1.26 bits per heavy atom. The minimum atomic E-state index is 0.0214. The Labute approximate surface area is 122 Å². The second-order valence-corrected chi connectivity index (χ2v) is 5.16. The molecule has 0 radical (unpaired) electrons. The lowest BCUT2D eigenvalue weighted by atomic mass is 10.1. The molecule has 1 aromatic carbocycles. The highest BCUT2D eigenvalue weighted by Gasteiger charge is 2.13.